The van der Waals surface area contributed by atoms with Gasteiger partial charge in [0.1, 0.15) is 16.9 Å². The average Bonchev–Trinajstić information content (AvgIpc) is 3.82. The molecule has 2 saturated heterocycles. The summed E-state index contributed by atoms with van der Waals surface area (Å²) in [5, 5.41) is 5.42. The van der Waals surface area contributed by atoms with Crippen molar-refractivity contribution in [3.63, 3.8) is 0 Å². The van der Waals surface area contributed by atoms with Crippen LogP contribution in [0, 0.1) is 37.5 Å². The summed E-state index contributed by atoms with van der Waals surface area (Å²) in [7, 11) is -3.93. The Kier molecular flexibility index (Phi) is 17.8. The number of hydrogen-bond donors (Lipinski definition) is 1. The highest BCUT2D eigenvalue weighted by Crippen LogP contribution is 2.46. The molecule has 2 aliphatic rings. The van der Waals surface area contributed by atoms with Crippen LogP contribution in [0.4, 0.5) is 4.79 Å². The van der Waals surface area contributed by atoms with Gasteiger partial charge in [-0.2, -0.15) is 0 Å². The number of nitrogens with one attached hydrogen (secondary N) is 1. The maximum absolute atomic E-state index is 14.2. The topological polar surface area (TPSA) is 111 Å². The summed E-state index contributed by atoms with van der Waals surface area (Å²) in [6.07, 6.45) is 9.73. The van der Waals surface area contributed by atoms with E-state index >= 15 is 0 Å². The first-order valence-corrected chi connectivity index (χ1v) is 29.3. The number of carbonyl (C=O) groups is 3. The lowest BCUT2D eigenvalue weighted by atomic mass is 9.80. The van der Waals surface area contributed by atoms with E-state index in [0.717, 1.165) is 70.3 Å². The molecule has 1 amide bonds. The molecule has 0 radical (unpaired) electrons. The number of Topliss-reactive ketones (excluding diaryl/α,β-unsaturated/α-hetero) is 2. The number of piperidine rings is 2. The molecular weight excluding hydrogens is 853 g/mol. The van der Waals surface area contributed by atoms with Gasteiger partial charge in [0.2, 0.25) is 0 Å². The fourth-order valence-electron chi connectivity index (χ4n) is 12.9. The third-order valence-corrected chi connectivity index (χ3v) is 29.3. The lowest BCUT2D eigenvalue weighted by Crippen LogP contribution is -2.51. The lowest BCUT2D eigenvalue weighted by molar-refractivity contribution is 0.0124. The zero-order valence-corrected chi connectivity index (χ0v) is 45.8. The zero-order chi connectivity index (χ0) is 48.7. The standard InChI is InChI=1S/C29H47N3O3Si.C24H39N3OSi.CH4/c1-18(2)36(19(3)4,20(5)6)32-15-13-23-25(22(8)16-30-27(23)32)26(33)24-17-31(14-12-21(24)7)28(34)35-29(9,10)11;1-15(2)29(16(3)4,17(5)6)27-12-10-20-22(19(8)13-26-24(20)27)23(28)21-14-25-11-9-18(21)7;/h13,15-16,18-21,24H,12,14,17H2,1-11H3;10,12-13,15-18,21,25H,9,11,14H2,1-8H3;1H4/t21-,24+;18-,21+;/m00./s1. The molecule has 0 saturated carbocycles. The van der Waals surface area contributed by atoms with Crippen molar-refractivity contribution >= 4 is 56.2 Å². The summed E-state index contributed by atoms with van der Waals surface area (Å²) >= 11 is 0. The van der Waals surface area contributed by atoms with E-state index in [-0.39, 0.29) is 37.1 Å². The third kappa shape index (κ3) is 10.1. The SMILES string of the molecule is C.Cc1cnc2c(ccn2[Si](C(C)C)(C(C)C)C(C)C)c1C(=O)[C@@H]1CN(C(=O)OC(C)(C)C)CC[C@@H]1C.Cc1cnc2c(ccn2[Si](C(C)C)(C(C)C)C(C)C)c1C(=O)[C@@H]1CNCC[C@@H]1C. The molecule has 0 spiro atoms. The number of ketones is 2. The van der Waals surface area contributed by atoms with Gasteiger partial charge in [0.15, 0.2) is 28.0 Å². The van der Waals surface area contributed by atoms with Gasteiger partial charge in [-0.25, -0.2) is 14.8 Å². The van der Waals surface area contributed by atoms with Crippen LogP contribution in [-0.4, -0.2) is 89.2 Å². The minimum atomic E-state index is -2.02. The van der Waals surface area contributed by atoms with Crippen molar-refractivity contribution in [1.29, 1.82) is 0 Å². The summed E-state index contributed by atoms with van der Waals surface area (Å²) in [6, 6.07) is 4.27. The Balaban J connectivity index is 0.000000290. The van der Waals surface area contributed by atoms with Crippen molar-refractivity contribution in [2.24, 2.45) is 23.7 Å². The molecule has 2 fully saturated rings. The normalized spacial score (nSPS) is 19.9. The molecule has 0 aliphatic carbocycles. The monoisotopic (exact) mass is 943 g/mol. The summed E-state index contributed by atoms with van der Waals surface area (Å²) < 4.78 is 10.6. The van der Waals surface area contributed by atoms with E-state index < -0.39 is 22.1 Å². The van der Waals surface area contributed by atoms with Gasteiger partial charge < -0.3 is 23.4 Å². The van der Waals surface area contributed by atoms with Crippen LogP contribution in [0.2, 0.25) is 33.2 Å². The minimum Gasteiger partial charge on any atom is -0.444 e. The molecule has 6 heterocycles. The lowest BCUT2D eigenvalue weighted by Gasteiger charge is -2.44. The van der Waals surface area contributed by atoms with Crippen LogP contribution in [0.1, 0.15) is 170 Å². The summed E-state index contributed by atoms with van der Waals surface area (Å²) in [6.45, 7) is 45.0. The van der Waals surface area contributed by atoms with Crippen molar-refractivity contribution in [3.8, 4) is 0 Å². The molecule has 4 aromatic rings. The van der Waals surface area contributed by atoms with Gasteiger partial charge in [0.05, 0.1) is 0 Å². The molecule has 0 unspecified atom stereocenters. The maximum atomic E-state index is 14.2. The van der Waals surface area contributed by atoms with E-state index in [1.807, 2.05) is 47.0 Å². The molecule has 2 aliphatic heterocycles. The Morgan fingerprint density at radius 3 is 1.44 bits per heavy atom. The minimum absolute atomic E-state index is 0. The van der Waals surface area contributed by atoms with Crippen molar-refractivity contribution in [3.05, 3.63) is 59.2 Å². The first kappa shape index (κ1) is 55.0. The van der Waals surface area contributed by atoms with Crippen LogP contribution in [0.5, 0.6) is 0 Å². The van der Waals surface area contributed by atoms with Crippen LogP contribution in [0.25, 0.3) is 22.1 Å². The highest BCUT2D eigenvalue weighted by atomic mass is 28.3. The van der Waals surface area contributed by atoms with Crippen molar-refractivity contribution in [2.75, 3.05) is 26.2 Å². The average molecular weight is 944 g/mol. The van der Waals surface area contributed by atoms with Crippen LogP contribution >= 0.6 is 0 Å². The number of hydrogen-bond acceptors (Lipinski definition) is 7. The van der Waals surface area contributed by atoms with Crippen LogP contribution in [0.3, 0.4) is 0 Å². The summed E-state index contributed by atoms with van der Waals surface area (Å²) in [4.78, 5) is 52.1. The molecule has 10 nitrogen and oxygen atoms in total. The van der Waals surface area contributed by atoms with Gasteiger partial charge in [0, 0.05) is 65.8 Å². The molecule has 0 bridgehead atoms. The first-order chi connectivity index (χ1) is 30.3. The van der Waals surface area contributed by atoms with E-state index in [0.29, 0.717) is 58.0 Å². The molecule has 1 N–H and O–H groups in total. The van der Waals surface area contributed by atoms with E-state index in [2.05, 4.69) is 135 Å². The predicted octanol–water partition coefficient (Wildman–Crippen LogP) is 13.9. The van der Waals surface area contributed by atoms with Crippen LogP contribution < -0.4 is 5.32 Å². The molecule has 6 rings (SSSR count). The van der Waals surface area contributed by atoms with E-state index in [9.17, 15) is 14.4 Å². The number of fused-ring (bicyclic) bond motifs is 2. The molecular formula is C54H90N6O4Si2. The maximum Gasteiger partial charge on any atom is 0.410 e. The number of likely N-dealkylation sites (tertiary alicyclic amines) is 1. The van der Waals surface area contributed by atoms with Crippen molar-refractivity contribution in [2.45, 2.75) is 191 Å². The Bertz CT molecular complexity index is 2270. The molecule has 368 valence electrons. The summed E-state index contributed by atoms with van der Waals surface area (Å²) in [5.41, 5.74) is 8.28. The van der Waals surface area contributed by atoms with E-state index in [1.54, 1.807) is 4.90 Å². The quantitative estimate of drug-likeness (QED) is 0.111. The molecule has 4 atom stereocenters. The smallest absolute Gasteiger partial charge is 0.410 e. The van der Waals surface area contributed by atoms with Crippen molar-refractivity contribution < 1.29 is 19.1 Å². The second-order valence-electron chi connectivity index (χ2n) is 22.8. The van der Waals surface area contributed by atoms with Crippen LogP contribution in [0.15, 0.2) is 36.9 Å². The number of ether oxygens (including phenoxy) is 1. The Hall–Kier alpha value is -3.62. The largest absolute Gasteiger partial charge is 0.444 e. The number of aromatic nitrogens is 4. The number of pyridine rings is 2. The van der Waals surface area contributed by atoms with Gasteiger partial charge in [-0.15, -0.1) is 0 Å². The van der Waals surface area contributed by atoms with E-state index in [4.69, 9.17) is 14.7 Å². The number of nitrogens with zero attached hydrogens (tertiary/aromatic N) is 5. The highest BCUT2D eigenvalue weighted by Gasteiger charge is 2.48. The second kappa shape index (κ2) is 21.4. The first-order valence-electron chi connectivity index (χ1n) is 25.0. The fourth-order valence-corrected chi connectivity index (χ4v) is 26.0. The number of carbonyl (C=O) groups excluding carboxylic acids is 3. The number of aryl methyl sites for hydroxylation is 2. The number of amides is 1. The third-order valence-electron chi connectivity index (χ3n) is 15.8. The Labute approximate surface area is 402 Å². The van der Waals surface area contributed by atoms with Crippen LogP contribution in [-0.2, 0) is 4.74 Å². The second-order valence-corrected chi connectivity index (χ2v) is 34.2. The highest BCUT2D eigenvalue weighted by molar-refractivity contribution is 6.83. The zero-order valence-electron chi connectivity index (χ0n) is 43.8. The van der Waals surface area contributed by atoms with Crippen molar-refractivity contribution in [1.82, 2.24) is 28.6 Å². The molecule has 12 heteroatoms. The predicted molar refractivity (Wildman–Crippen MR) is 282 cm³/mol. The van der Waals surface area contributed by atoms with E-state index in [1.165, 1.54) is 0 Å². The van der Waals surface area contributed by atoms with Gasteiger partial charge in [-0.05, 0) is 135 Å². The fraction of sp³-hybridized carbons (Fsp3) is 0.685. The summed E-state index contributed by atoms with van der Waals surface area (Å²) in [5.74, 6) is 0.808. The number of rotatable bonds is 12. The molecule has 0 aromatic carbocycles. The molecule has 66 heavy (non-hydrogen) atoms. The Morgan fingerprint density at radius 1 is 0.667 bits per heavy atom. The van der Waals surface area contributed by atoms with Gasteiger partial charge in [-0.1, -0.05) is 104 Å². The molecule has 4 aromatic heterocycles. The van der Waals surface area contributed by atoms with Gasteiger partial charge in [-0.3, -0.25) is 9.59 Å². The van der Waals surface area contributed by atoms with Gasteiger partial charge in [0.25, 0.3) is 0 Å². The Morgan fingerprint density at radius 2 is 1.06 bits per heavy atom. The van der Waals surface area contributed by atoms with Gasteiger partial charge >= 0.3 is 6.09 Å².